The number of hydrogen-bond donors (Lipinski definition) is 0. The highest BCUT2D eigenvalue weighted by Gasteiger charge is 2.81. The molecule has 0 aliphatic rings. The lowest BCUT2D eigenvalue weighted by atomic mass is 9.86. The van der Waals surface area contributed by atoms with Crippen LogP contribution in [-0.4, -0.2) is 18.3 Å². The van der Waals surface area contributed by atoms with E-state index in [1.807, 2.05) is 0 Å². The second kappa shape index (κ2) is 5.10. The van der Waals surface area contributed by atoms with Crippen molar-refractivity contribution in [2.75, 3.05) is 0 Å². The van der Waals surface area contributed by atoms with E-state index in [1.165, 1.54) is 6.92 Å². The van der Waals surface area contributed by atoms with E-state index < -0.39 is 29.5 Å². The quantitative estimate of drug-likeness (QED) is 0.689. The van der Waals surface area contributed by atoms with E-state index in [9.17, 15) is 39.5 Å². The van der Waals surface area contributed by atoms with Gasteiger partial charge in [-0.25, -0.2) is 4.39 Å². The molecule has 1 aromatic carbocycles. The molecule has 0 saturated heterocycles. The van der Waals surface area contributed by atoms with Gasteiger partial charge in [-0.3, -0.25) is 0 Å². The maximum atomic E-state index is 14.0. The summed E-state index contributed by atoms with van der Waals surface area (Å²) >= 11 is 0. The minimum atomic E-state index is -6.71. The van der Waals surface area contributed by atoms with Crippen LogP contribution in [0.25, 0.3) is 0 Å². The van der Waals surface area contributed by atoms with E-state index in [2.05, 4.69) is 6.07 Å². The van der Waals surface area contributed by atoms with Crippen LogP contribution in [0.1, 0.15) is 18.1 Å². The van der Waals surface area contributed by atoms with Gasteiger partial charge in [0.2, 0.25) is 0 Å². The summed E-state index contributed by atoms with van der Waals surface area (Å²) in [6.45, 7) is 1.39. The maximum absolute atomic E-state index is 14.0. The largest absolute Gasteiger partial charge is 0.457 e. The van der Waals surface area contributed by atoms with Gasteiger partial charge in [-0.2, -0.15) is 35.1 Å². The highest BCUT2D eigenvalue weighted by molar-refractivity contribution is 5.32. The summed E-state index contributed by atoms with van der Waals surface area (Å²) in [5.41, 5.74) is -7.82. The molecule has 1 rings (SSSR count). The Balaban J connectivity index is 3.63. The topological polar surface area (TPSA) is 0 Å². The molecule has 1 atom stereocenters. The molecule has 0 N–H and O–H groups in total. The molecule has 0 aromatic heterocycles. The Kier molecular flexibility index (Phi) is 4.28. The minimum Gasteiger partial charge on any atom is -0.221 e. The number of halogens is 9. The van der Waals surface area contributed by atoms with Gasteiger partial charge in [-0.05, 0) is 18.1 Å². The van der Waals surface area contributed by atoms with Crippen LogP contribution in [0, 0.1) is 6.07 Å². The van der Waals surface area contributed by atoms with E-state index in [0.29, 0.717) is 12.1 Å². The molecule has 0 aliphatic heterocycles. The second-order valence-electron chi connectivity index (χ2n) is 4.18. The number of hydrogen-bond acceptors (Lipinski definition) is 0. The average Bonchev–Trinajstić information content (AvgIpc) is 2.34. The van der Waals surface area contributed by atoms with Crippen molar-refractivity contribution in [2.24, 2.45) is 0 Å². The molecule has 0 saturated carbocycles. The van der Waals surface area contributed by atoms with Crippen molar-refractivity contribution in [1.82, 2.24) is 0 Å². The molecule has 119 valence electrons. The molecule has 0 spiro atoms. The summed E-state index contributed by atoms with van der Waals surface area (Å²) in [5.74, 6) is -6.63. The number of alkyl halides is 9. The predicted octanol–water partition coefficient (Wildman–Crippen LogP) is 4.97. The Morgan fingerprint density at radius 2 is 1.43 bits per heavy atom. The number of benzene rings is 1. The van der Waals surface area contributed by atoms with E-state index in [0.717, 1.165) is 0 Å². The van der Waals surface area contributed by atoms with Gasteiger partial charge in [0.1, 0.15) is 0 Å². The van der Waals surface area contributed by atoms with E-state index in [4.69, 9.17) is 0 Å². The summed E-state index contributed by atoms with van der Waals surface area (Å²) in [4.78, 5) is 0. The minimum absolute atomic E-state index is 0.0145. The average molecular weight is 323 g/mol. The van der Waals surface area contributed by atoms with Gasteiger partial charge in [-0.15, -0.1) is 0 Å². The van der Waals surface area contributed by atoms with E-state index >= 15 is 0 Å². The van der Waals surface area contributed by atoms with Crippen molar-refractivity contribution in [2.45, 2.75) is 37.3 Å². The van der Waals surface area contributed by atoms with Crippen LogP contribution in [0.5, 0.6) is 0 Å². The first-order valence-corrected chi connectivity index (χ1v) is 5.50. The van der Waals surface area contributed by atoms with Gasteiger partial charge in [0.15, 0.2) is 0 Å². The van der Waals surface area contributed by atoms with Crippen molar-refractivity contribution in [3.63, 3.8) is 0 Å². The third kappa shape index (κ3) is 2.69. The first-order chi connectivity index (χ1) is 9.29. The molecule has 21 heavy (non-hydrogen) atoms. The zero-order valence-electron chi connectivity index (χ0n) is 10.3. The van der Waals surface area contributed by atoms with Crippen molar-refractivity contribution in [3.8, 4) is 0 Å². The van der Waals surface area contributed by atoms with Crippen LogP contribution < -0.4 is 0 Å². The third-order valence-electron chi connectivity index (χ3n) is 2.82. The Bertz CT molecular complexity index is 500. The zero-order chi connectivity index (χ0) is 16.7. The molecular weight excluding hydrogens is 315 g/mol. The van der Waals surface area contributed by atoms with Gasteiger partial charge in [0, 0.05) is 5.56 Å². The lowest BCUT2D eigenvalue weighted by molar-refractivity contribution is -0.389. The molecule has 1 aromatic rings. The van der Waals surface area contributed by atoms with Crippen molar-refractivity contribution in [3.05, 3.63) is 35.4 Å². The van der Waals surface area contributed by atoms with E-state index in [1.54, 1.807) is 0 Å². The van der Waals surface area contributed by atoms with Crippen molar-refractivity contribution >= 4 is 0 Å². The molecular formula is C12H8F9. The fourth-order valence-electron chi connectivity index (χ4n) is 1.65. The molecule has 0 fully saturated rings. The molecule has 1 unspecified atom stereocenters. The predicted molar refractivity (Wildman–Crippen MR) is 54.5 cm³/mol. The second-order valence-corrected chi connectivity index (χ2v) is 4.18. The van der Waals surface area contributed by atoms with Gasteiger partial charge >= 0.3 is 23.9 Å². The molecule has 0 nitrogen and oxygen atoms in total. The summed E-state index contributed by atoms with van der Waals surface area (Å²) in [6.07, 6.45) is -13.2. The summed E-state index contributed by atoms with van der Waals surface area (Å²) in [6, 6.07) is 3.48. The van der Waals surface area contributed by atoms with Crippen LogP contribution >= 0.6 is 0 Å². The Hall–Kier alpha value is -1.41. The van der Waals surface area contributed by atoms with Crippen LogP contribution in [0.2, 0.25) is 0 Å². The zero-order valence-corrected chi connectivity index (χ0v) is 10.3. The van der Waals surface area contributed by atoms with Gasteiger partial charge in [-0.1, -0.05) is 25.1 Å². The molecule has 9 heteroatoms. The SMILES string of the molecule is CCc1[c]ccc(C(F)(C(F)(F)F)C(F)(F)C(F)(F)F)c1. The number of rotatable bonds is 3. The first-order valence-electron chi connectivity index (χ1n) is 5.50. The summed E-state index contributed by atoms with van der Waals surface area (Å²) in [5, 5.41) is 0. The first kappa shape index (κ1) is 17.6. The molecule has 1 radical (unpaired) electrons. The van der Waals surface area contributed by atoms with Gasteiger partial charge in [0.05, 0.1) is 0 Å². The van der Waals surface area contributed by atoms with Crippen LogP contribution in [0.15, 0.2) is 18.2 Å². The Morgan fingerprint density at radius 3 is 1.81 bits per heavy atom. The van der Waals surface area contributed by atoms with Crippen molar-refractivity contribution < 1.29 is 39.5 Å². The van der Waals surface area contributed by atoms with Crippen molar-refractivity contribution in [1.29, 1.82) is 0 Å². The smallest absolute Gasteiger partial charge is 0.221 e. The third-order valence-corrected chi connectivity index (χ3v) is 2.82. The maximum Gasteiger partial charge on any atom is 0.457 e. The van der Waals surface area contributed by atoms with Crippen LogP contribution in [-0.2, 0) is 12.1 Å². The van der Waals surface area contributed by atoms with Crippen LogP contribution in [0.4, 0.5) is 39.5 Å². The Morgan fingerprint density at radius 1 is 0.905 bits per heavy atom. The lowest BCUT2D eigenvalue weighted by Crippen LogP contribution is -2.59. The highest BCUT2D eigenvalue weighted by atomic mass is 19.4. The Labute approximate surface area is 113 Å². The fraction of sp³-hybridized carbons (Fsp3) is 0.500. The number of aryl methyl sites for hydroxylation is 1. The lowest BCUT2D eigenvalue weighted by Gasteiger charge is -2.36. The highest BCUT2D eigenvalue weighted by Crippen LogP contribution is 2.58. The molecule has 0 aliphatic carbocycles. The fourth-order valence-corrected chi connectivity index (χ4v) is 1.65. The summed E-state index contributed by atoms with van der Waals surface area (Å²) < 4.78 is 115. The van der Waals surface area contributed by atoms with Crippen LogP contribution in [0.3, 0.4) is 0 Å². The van der Waals surface area contributed by atoms with Gasteiger partial charge < -0.3 is 0 Å². The molecule has 0 bridgehead atoms. The summed E-state index contributed by atoms with van der Waals surface area (Å²) in [7, 11) is 0. The van der Waals surface area contributed by atoms with E-state index in [-0.39, 0.29) is 18.1 Å². The normalized spacial score (nSPS) is 16.7. The molecule has 0 heterocycles. The van der Waals surface area contributed by atoms with Gasteiger partial charge in [0.25, 0.3) is 0 Å². The molecule has 0 amide bonds. The monoisotopic (exact) mass is 323 g/mol. The standard InChI is InChI=1S/C12H8F9/c1-2-7-4-3-5-8(6-7)9(13,11(16,17)18)10(14,15)12(19,20)21/h3,5-6H,2H2,1H3.